The number of nitrogens with one attached hydrogen (secondary N) is 1. The van der Waals surface area contributed by atoms with E-state index < -0.39 is 0 Å². The summed E-state index contributed by atoms with van der Waals surface area (Å²) in [6.07, 6.45) is 3.14. The van der Waals surface area contributed by atoms with Crippen molar-refractivity contribution < 1.29 is 9.13 Å². The Balaban J connectivity index is 1.40. The van der Waals surface area contributed by atoms with Gasteiger partial charge < -0.3 is 15.0 Å². The molecule has 2 heterocycles. The van der Waals surface area contributed by atoms with E-state index in [0.717, 1.165) is 43.2 Å². The number of halogens is 1. The van der Waals surface area contributed by atoms with Gasteiger partial charge in [-0.15, -0.1) is 0 Å². The standard InChI is InChI=1S/C24H26FN5O/c1-3-26-21-6-4-5-7-22(21)31-24-16-23(27-17-28-24)30-14-12-29(13-15-30)18(2)19-8-10-20(25)11-9-19/h3-11,16-18,26H,1,12-15H2,2H3. The molecule has 0 spiro atoms. The number of para-hydroxylation sites is 2. The Morgan fingerprint density at radius 3 is 2.55 bits per heavy atom. The first-order valence-electron chi connectivity index (χ1n) is 10.3. The second-order valence-corrected chi connectivity index (χ2v) is 7.41. The molecule has 1 saturated heterocycles. The molecule has 1 atom stereocenters. The van der Waals surface area contributed by atoms with Crippen LogP contribution in [0.1, 0.15) is 18.5 Å². The minimum Gasteiger partial charge on any atom is -0.437 e. The summed E-state index contributed by atoms with van der Waals surface area (Å²) in [5.41, 5.74) is 1.94. The van der Waals surface area contributed by atoms with Crippen molar-refractivity contribution >= 4 is 11.5 Å². The lowest BCUT2D eigenvalue weighted by Gasteiger charge is -2.38. The molecule has 4 rings (SSSR count). The van der Waals surface area contributed by atoms with Gasteiger partial charge in [0.15, 0.2) is 5.75 Å². The summed E-state index contributed by atoms with van der Waals surface area (Å²) in [7, 11) is 0. The molecule has 1 fully saturated rings. The lowest BCUT2D eigenvalue weighted by atomic mass is 10.1. The molecule has 7 heteroatoms. The fraction of sp³-hybridized carbons (Fsp3) is 0.250. The maximum absolute atomic E-state index is 13.2. The molecule has 0 amide bonds. The predicted molar refractivity (Wildman–Crippen MR) is 121 cm³/mol. The maximum Gasteiger partial charge on any atom is 0.224 e. The highest BCUT2D eigenvalue weighted by Gasteiger charge is 2.23. The Hall–Kier alpha value is -3.45. The SMILES string of the molecule is C=CNc1ccccc1Oc1cc(N2CCN(C(C)c3ccc(F)cc3)CC2)ncn1. The number of piperazine rings is 1. The Bertz CT molecular complexity index is 1020. The zero-order valence-electron chi connectivity index (χ0n) is 17.5. The first-order chi connectivity index (χ1) is 15.1. The van der Waals surface area contributed by atoms with E-state index in [9.17, 15) is 4.39 Å². The molecule has 6 nitrogen and oxygen atoms in total. The van der Waals surface area contributed by atoms with Gasteiger partial charge in [0.2, 0.25) is 5.88 Å². The van der Waals surface area contributed by atoms with Crippen LogP contribution in [0.3, 0.4) is 0 Å². The van der Waals surface area contributed by atoms with E-state index in [4.69, 9.17) is 4.74 Å². The van der Waals surface area contributed by atoms with Crippen molar-refractivity contribution in [3.05, 3.63) is 85.1 Å². The number of benzene rings is 2. The third-order valence-corrected chi connectivity index (χ3v) is 5.53. The van der Waals surface area contributed by atoms with Crippen LogP contribution in [0, 0.1) is 5.82 Å². The van der Waals surface area contributed by atoms with E-state index in [1.165, 1.54) is 18.5 Å². The second kappa shape index (κ2) is 9.57. The smallest absolute Gasteiger partial charge is 0.224 e. The normalized spacial score (nSPS) is 15.4. The molecule has 0 radical (unpaired) electrons. The van der Waals surface area contributed by atoms with Crippen molar-refractivity contribution in [1.82, 2.24) is 14.9 Å². The molecule has 3 aromatic rings. The molecule has 1 aromatic heterocycles. The van der Waals surface area contributed by atoms with Crippen molar-refractivity contribution in [2.75, 3.05) is 36.4 Å². The van der Waals surface area contributed by atoms with Crippen molar-refractivity contribution in [2.24, 2.45) is 0 Å². The van der Waals surface area contributed by atoms with Gasteiger partial charge >= 0.3 is 0 Å². The summed E-state index contributed by atoms with van der Waals surface area (Å²) < 4.78 is 19.2. The highest BCUT2D eigenvalue weighted by atomic mass is 19.1. The molecule has 1 aliphatic rings. The van der Waals surface area contributed by atoms with Crippen LogP contribution < -0.4 is 15.0 Å². The minimum atomic E-state index is -0.203. The number of ether oxygens (including phenoxy) is 1. The average Bonchev–Trinajstić information content (AvgIpc) is 2.81. The molecular formula is C24H26FN5O. The molecular weight excluding hydrogens is 393 g/mol. The van der Waals surface area contributed by atoms with Crippen LogP contribution in [-0.4, -0.2) is 41.0 Å². The molecule has 160 valence electrons. The molecule has 1 N–H and O–H groups in total. The van der Waals surface area contributed by atoms with Crippen LogP contribution in [0.25, 0.3) is 0 Å². The molecule has 31 heavy (non-hydrogen) atoms. The van der Waals surface area contributed by atoms with Crippen molar-refractivity contribution in [2.45, 2.75) is 13.0 Å². The molecule has 1 aliphatic heterocycles. The number of hydrogen-bond acceptors (Lipinski definition) is 6. The fourth-order valence-corrected chi connectivity index (χ4v) is 3.75. The van der Waals surface area contributed by atoms with Crippen LogP contribution in [0.4, 0.5) is 15.9 Å². The fourth-order valence-electron chi connectivity index (χ4n) is 3.75. The van der Waals surface area contributed by atoms with Crippen molar-refractivity contribution in [1.29, 1.82) is 0 Å². The Morgan fingerprint density at radius 1 is 1.06 bits per heavy atom. The van der Waals surface area contributed by atoms with Crippen LogP contribution in [0.15, 0.2) is 73.7 Å². The maximum atomic E-state index is 13.2. The monoisotopic (exact) mass is 419 g/mol. The van der Waals surface area contributed by atoms with Crippen molar-refractivity contribution in [3.8, 4) is 11.6 Å². The van der Waals surface area contributed by atoms with Crippen LogP contribution in [0.2, 0.25) is 0 Å². The number of nitrogens with zero attached hydrogens (tertiary/aromatic N) is 4. The summed E-state index contributed by atoms with van der Waals surface area (Å²) >= 11 is 0. The van der Waals surface area contributed by atoms with Gasteiger partial charge in [0.05, 0.1) is 5.69 Å². The lowest BCUT2D eigenvalue weighted by Crippen LogP contribution is -2.47. The van der Waals surface area contributed by atoms with E-state index in [2.05, 4.69) is 38.6 Å². The highest BCUT2D eigenvalue weighted by molar-refractivity contribution is 5.58. The lowest BCUT2D eigenvalue weighted by molar-refractivity contribution is 0.198. The van der Waals surface area contributed by atoms with E-state index in [-0.39, 0.29) is 11.9 Å². The van der Waals surface area contributed by atoms with Crippen molar-refractivity contribution in [3.63, 3.8) is 0 Å². The number of anilines is 2. The average molecular weight is 420 g/mol. The Labute approximate surface area is 182 Å². The van der Waals surface area contributed by atoms with Gasteiger partial charge in [0.25, 0.3) is 0 Å². The van der Waals surface area contributed by atoms with Crippen LogP contribution in [-0.2, 0) is 0 Å². The predicted octanol–water partition coefficient (Wildman–Crippen LogP) is 4.85. The third-order valence-electron chi connectivity index (χ3n) is 5.53. The number of rotatable bonds is 7. The van der Waals surface area contributed by atoms with Gasteiger partial charge in [-0.05, 0) is 43.0 Å². The number of hydrogen-bond donors (Lipinski definition) is 1. The van der Waals surface area contributed by atoms with Gasteiger partial charge in [0.1, 0.15) is 18.0 Å². The number of aromatic nitrogens is 2. The highest BCUT2D eigenvalue weighted by Crippen LogP contribution is 2.30. The summed E-state index contributed by atoms with van der Waals surface area (Å²) in [5, 5.41) is 3.07. The first kappa shape index (κ1) is 20.8. The molecule has 0 bridgehead atoms. The largest absolute Gasteiger partial charge is 0.437 e. The Morgan fingerprint density at radius 2 is 1.81 bits per heavy atom. The molecule has 0 saturated carbocycles. The van der Waals surface area contributed by atoms with Gasteiger partial charge in [-0.1, -0.05) is 30.8 Å². The van der Waals surface area contributed by atoms with E-state index in [0.29, 0.717) is 11.6 Å². The molecule has 0 aliphatic carbocycles. The summed E-state index contributed by atoms with van der Waals surface area (Å²) in [5.74, 6) is 1.80. The van der Waals surface area contributed by atoms with Crippen LogP contribution >= 0.6 is 0 Å². The third kappa shape index (κ3) is 5.00. The van der Waals surface area contributed by atoms with Gasteiger partial charge in [-0.25, -0.2) is 14.4 Å². The second-order valence-electron chi connectivity index (χ2n) is 7.41. The van der Waals surface area contributed by atoms with E-state index >= 15 is 0 Å². The Kier molecular flexibility index (Phi) is 6.43. The zero-order valence-corrected chi connectivity index (χ0v) is 17.5. The van der Waals surface area contributed by atoms with Gasteiger partial charge in [-0.2, -0.15) is 0 Å². The van der Waals surface area contributed by atoms with Gasteiger partial charge in [0, 0.05) is 38.3 Å². The van der Waals surface area contributed by atoms with Crippen LogP contribution in [0.5, 0.6) is 11.6 Å². The van der Waals surface area contributed by atoms with Gasteiger partial charge in [-0.3, -0.25) is 4.90 Å². The molecule has 2 aromatic carbocycles. The topological polar surface area (TPSA) is 53.5 Å². The first-order valence-corrected chi connectivity index (χ1v) is 10.3. The zero-order chi connectivity index (χ0) is 21.6. The quantitative estimate of drug-likeness (QED) is 0.591. The summed E-state index contributed by atoms with van der Waals surface area (Å²) in [6, 6.07) is 16.5. The summed E-state index contributed by atoms with van der Waals surface area (Å²) in [4.78, 5) is 13.3. The summed E-state index contributed by atoms with van der Waals surface area (Å²) in [6.45, 7) is 9.34. The minimum absolute atomic E-state index is 0.203. The van der Waals surface area contributed by atoms with E-state index in [1.807, 2.05) is 42.5 Å². The van der Waals surface area contributed by atoms with E-state index in [1.54, 1.807) is 6.20 Å². The molecule has 1 unspecified atom stereocenters.